The lowest BCUT2D eigenvalue weighted by Crippen LogP contribution is -2.41. The van der Waals surface area contributed by atoms with Gasteiger partial charge in [-0.15, -0.1) is 0 Å². The molecule has 0 fully saturated rings. The first-order chi connectivity index (χ1) is 19.6. The lowest BCUT2D eigenvalue weighted by Gasteiger charge is -2.39. The molecule has 0 aliphatic carbocycles. The highest BCUT2D eigenvalue weighted by molar-refractivity contribution is 7.92. The third-order valence-corrected chi connectivity index (χ3v) is 9.61. The molecule has 2 atom stereocenters. The Kier molecular flexibility index (Phi) is 9.53. The fraction of sp³-hybridized carbons (Fsp3) is 0.394. The van der Waals surface area contributed by atoms with Crippen molar-refractivity contribution in [3.63, 3.8) is 0 Å². The summed E-state index contributed by atoms with van der Waals surface area (Å²) in [5.41, 5.74) is 2.73. The van der Waals surface area contributed by atoms with E-state index in [9.17, 15) is 18.3 Å². The van der Waals surface area contributed by atoms with E-state index in [0.29, 0.717) is 24.9 Å². The first-order valence-corrected chi connectivity index (χ1v) is 15.8. The number of aryl methyl sites for hydroxylation is 2. The Balaban J connectivity index is 1.64. The Morgan fingerprint density at radius 3 is 2.39 bits per heavy atom. The van der Waals surface area contributed by atoms with Crippen molar-refractivity contribution in [2.45, 2.75) is 82.8 Å². The van der Waals surface area contributed by atoms with E-state index in [0.717, 1.165) is 29.5 Å². The van der Waals surface area contributed by atoms with Crippen molar-refractivity contribution in [1.29, 1.82) is 0 Å². The standard InChI is InChI=1S/C33H40N2O5S/c1-5-19-33(20-18-25-12-9-8-10-13-25)22-29(36)31(32(37)40-33)28(6-2)26-14-11-15-27(21-26)35(7-3)41(38,39)30-17-16-24(4)23-34-30/h8-17,21,23,28,36H,5-7,18-20,22H2,1-4H3. The van der Waals surface area contributed by atoms with Crippen LogP contribution < -0.4 is 4.31 Å². The number of hydrogen-bond donors (Lipinski definition) is 1. The minimum Gasteiger partial charge on any atom is -0.512 e. The maximum atomic E-state index is 13.6. The molecule has 7 nitrogen and oxygen atoms in total. The van der Waals surface area contributed by atoms with E-state index in [2.05, 4.69) is 17.1 Å². The highest BCUT2D eigenvalue weighted by atomic mass is 32.2. The van der Waals surface area contributed by atoms with Crippen LogP contribution in [-0.2, 0) is 26.0 Å². The van der Waals surface area contributed by atoms with Crippen molar-refractivity contribution in [2.75, 3.05) is 10.8 Å². The summed E-state index contributed by atoms with van der Waals surface area (Å²) in [5, 5.41) is 11.3. The monoisotopic (exact) mass is 576 g/mol. The number of carbonyl (C=O) groups is 1. The molecule has 4 rings (SSSR count). The van der Waals surface area contributed by atoms with E-state index in [1.54, 1.807) is 31.2 Å². The Morgan fingerprint density at radius 2 is 1.78 bits per heavy atom. The Hall–Kier alpha value is -3.65. The number of esters is 1. The summed E-state index contributed by atoms with van der Waals surface area (Å²) in [6.07, 6.45) is 5.17. The van der Waals surface area contributed by atoms with Crippen LogP contribution in [0.15, 0.2) is 89.3 Å². The molecule has 0 radical (unpaired) electrons. The van der Waals surface area contributed by atoms with Crippen LogP contribution in [0, 0.1) is 6.92 Å². The number of aliphatic hydroxyl groups is 1. The van der Waals surface area contributed by atoms with E-state index >= 15 is 0 Å². The van der Waals surface area contributed by atoms with Crippen molar-refractivity contribution in [2.24, 2.45) is 0 Å². The third kappa shape index (κ3) is 6.64. The molecule has 41 heavy (non-hydrogen) atoms. The predicted octanol–water partition coefficient (Wildman–Crippen LogP) is 7.03. The minimum atomic E-state index is -3.90. The number of rotatable bonds is 12. The molecule has 0 spiro atoms. The number of sulfonamides is 1. The van der Waals surface area contributed by atoms with Crippen LogP contribution in [0.5, 0.6) is 0 Å². The van der Waals surface area contributed by atoms with E-state index < -0.39 is 27.5 Å². The van der Waals surface area contributed by atoms with Crippen LogP contribution in [0.1, 0.15) is 75.5 Å². The summed E-state index contributed by atoms with van der Waals surface area (Å²) >= 11 is 0. The number of benzene rings is 2. The van der Waals surface area contributed by atoms with Gasteiger partial charge in [-0.3, -0.25) is 4.31 Å². The predicted molar refractivity (Wildman–Crippen MR) is 161 cm³/mol. The fourth-order valence-electron chi connectivity index (χ4n) is 5.74. The number of ether oxygens (including phenoxy) is 1. The summed E-state index contributed by atoms with van der Waals surface area (Å²) in [4.78, 5) is 17.7. The molecule has 0 amide bonds. The average molecular weight is 577 g/mol. The van der Waals surface area contributed by atoms with Crippen molar-refractivity contribution >= 4 is 21.7 Å². The molecule has 2 aromatic carbocycles. The molecule has 3 aromatic rings. The lowest BCUT2D eigenvalue weighted by atomic mass is 9.80. The smallest absolute Gasteiger partial charge is 0.338 e. The fourth-order valence-corrected chi connectivity index (χ4v) is 7.12. The van der Waals surface area contributed by atoms with E-state index in [1.807, 2.05) is 45.0 Å². The van der Waals surface area contributed by atoms with Gasteiger partial charge < -0.3 is 9.84 Å². The first kappa shape index (κ1) is 30.3. The molecular weight excluding hydrogens is 536 g/mol. The van der Waals surface area contributed by atoms with Crippen molar-refractivity contribution < 1.29 is 23.1 Å². The van der Waals surface area contributed by atoms with Gasteiger partial charge in [0.15, 0.2) is 5.03 Å². The summed E-state index contributed by atoms with van der Waals surface area (Å²) in [5.74, 6) is -0.893. The van der Waals surface area contributed by atoms with Gasteiger partial charge in [0, 0.05) is 25.1 Å². The van der Waals surface area contributed by atoms with Crippen LogP contribution in [0.4, 0.5) is 5.69 Å². The zero-order chi connectivity index (χ0) is 29.6. The van der Waals surface area contributed by atoms with Crippen LogP contribution in [0.25, 0.3) is 0 Å². The first-order valence-electron chi connectivity index (χ1n) is 14.4. The molecule has 1 N–H and O–H groups in total. The summed E-state index contributed by atoms with van der Waals surface area (Å²) in [7, 11) is -3.90. The maximum absolute atomic E-state index is 13.6. The zero-order valence-electron chi connectivity index (χ0n) is 24.3. The van der Waals surface area contributed by atoms with Crippen LogP contribution in [0.2, 0.25) is 0 Å². The number of nitrogens with zero attached hydrogens (tertiary/aromatic N) is 2. The molecule has 1 aliphatic heterocycles. The second kappa shape index (κ2) is 12.9. The highest BCUT2D eigenvalue weighted by Gasteiger charge is 2.43. The normalized spacial score (nSPS) is 18.2. The number of pyridine rings is 1. The van der Waals surface area contributed by atoms with E-state index in [-0.39, 0.29) is 29.3 Å². The van der Waals surface area contributed by atoms with Crippen molar-refractivity contribution in [3.05, 3.63) is 101 Å². The average Bonchev–Trinajstić information content (AvgIpc) is 2.95. The Bertz CT molecular complexity index is 1490. The second-order valence-corrected chi connectivity index (χ2v) is 12.6. The molecular formula is C33H40N2O5S. The maximum Gasteiger partial charge on any atom is 0.338 e. The second-order valence-electron chi connectivity index (χ2n) is 10.7. The number of hydrogen-bond acceptors (Lipinski definition) is 6. The zero-order valence-corrected chi connectivity index (χ0v) is 25.2. The van der Waals surface area contributed by atoms with Gasteiger partial charge in [-0.05, 0) is 74.4 Å². The quantitative estimate of drug-likeness (QED) is 0.233. The van der Waals surface area contributed by atoms with Crippen LogP contribution in [0.3, 0.4) is 0 Å². The number of cyclic esters (lactones) is 1. The summed E-state index contributed by atoms with van der Waals surface area (Å²) in [6.45, 7) is 7.82. The lowest BCUT2D eigenvalue weighted by molar-refractivity contribution is -0.161. The van der Waals surface area contributed by atoms with Crippen LogP contribution >= 0.6 is 0 Å². The number of aromatic nitrogens is 1. The largest absolute Gasteiger partial charge is 0.512 e. The van der Waals surface area contributed by atoms with Crippen LogP contribution in [-0.4, -0.2) is 36.6 Å². The molecule has 0 saturated carbocycles. The van der Waals surface area contributed by atoms with Crippen molar-refractivity contribution in [1.82, 2.24) is 4.98 Å². The Labute approximate surface area is 243 Å². The van der Waals surface area contributed by atoms with Gasteiger partial charge in [-0.25, -0.2) is 9.78 Å². The van der Waals surface area contributed by atoms with Gasteiger partial charge in [0.25, 0.3) is 10.0 Å². The summed E-state index contributed by atoms with van der Waals surface area (Å²) in [6, 6.07) is 20.4. The molecule has 1 aromatic heterocycles. The SMILES string of the molecule is CCCC1(CCc2ccccc2)CC(O)=C(C(CC)c2cccc(N(CC)S(=O)(=O)c3ccc(C)cn3)c2)C(=O)O1. The molecule has 2 heterocycles. The third-order valence-electron chi connectivity index (χ3n) is 7.79. The molecule has 0 bridgehead atoms. The number of anilines is 1. The van der Waals surface area contributed by atoms with Gasteiger partial charge in [-0.2, -0.15) is 8.42 Å². The molecule has 1 aliphatic rings. The molecule has 2 unspecified atom stereocenters. The Morgan fingerprint density at radius 1 is 1.02 bits per heavy atom. The van der Waals surface area contributed by atoms with Gasteiger partial charge in [0.05, 0.1) is 11.3 Å². The topological polar surface area (TPSA) is 96.8 Å². The van der Waals surface area contributed by atoms with Gasteiger partial charge in [0.2, 0.25) is 0 Å². The number of carbonyl (C=O) groups excluding carboxylic acids is 1. The van der Waals surface area contributed by atoms with Gasteiger partial charge in [0.1, 0.15) is 11.4 Å². The number of aliphatic hydroxyl groups excluding tert-OH is 1. The highest BCUT2D eigenvalue weighted by Crippen LogP contribution is 2.42. The molecule has 8 heteroatoms. The van der Waals surface area contributed by atoms with Gasteiger partial charge >= 0.3 is 5.97 Å². The molecule has 0 saturated heterocycles. The minimum absolute atomic E-state index is 0.0265. The summed E-state index contributed by atoms with van der Waals surface area (Å²) < 4.78 is 34.4. The van der Waals surface area contributed by atoms with E-state index in [4.69, 9.17) is 4.74 Å². The van der Waals surface area contributed by atoms with Gasteiger partial charge in [-0.1, -0.05) is 68.8 Å². The van der Waals surface area contributed by atoms with E-state index in [1.165, 1.54) is 16.6 Å². The van der Waals surface area contributed by atoms with Crippen molar-refractivity contribution in [3.8, 4) is 0 Å². The molecule has 218 valence electrons.